The van der Waals surface area contributed by atoms with Gasteiger partial charge in [-0.2, -0.15) is 4.68 Å². The number of aromatic nitrogens is 5. The van der Waals surface area contributed by atoms with Crippen molar-refractivity contribution in [2.45, 2.75) is 26.3 Å². The second-order valence-corrected chi connectivity index (χ2v) is 4.56. The van der Waals surface area contributed by atoms with E-state index in [2.05, 4.69) is 20.3 Å². The van der Waals surface area contributed by atoms with Crippen LogP contribution in [0.2, 0.25) is 0 Å². The van der Waals surface area contributed by atoms with Crippen molar-refractivity contribution in [2.75, 3.05) is 6.54 Å². The topological polar surface area (TPSA) is 76.8 Å². The van der Waals surface area contributed by atoms with Crippen molar-refractivity contribution in [3.8, 4) is 5.82 Å². The summed E-state index contributed by atoms with van der Waals surface area (Å²) in [6.07, 6.45) is 3.30. The molecule has 0 fully saturated rings. The van der Waals surface area contributed by atoms with Gasteiger partial charge in [-0.05, 0) is 13.8 Å². The van der Waals surface area contributed by atoms with E-state index < -0.39 is 0 Å². The first kappa shape index (κ1) is 11.8. The number of nitrogens with zero attached hydrogens (tertiary/aromatic N) is 6. The third-order valence-electron chi connectivity index (χ3n) is 3.41. The second-order valence-electron chi connectivity index (χ2n) is 4.56. The molecular weight excluding hydrogens is 244 g/mol. The lowest BCUT2D eigenvalue weighted by molar-refractivity contribution is -0.120. The van der Waals surface area contributed by atoms with Gasteiger partial charge in [0.05, 0.1) is 11.7 Å². The third kappa shape index (κ3) is 1.87. The predicted molar refractivity (Wildman–Crippen MR) is 66.6 cm³/mol. The van der Waals surface area contributed by atoms with E-state index in [1.807, 2.05) is 13.8 Å². The Morgan fingerprint density at radius 2 is 2.32 bits per heavy atom. The molecule has 1 aliphatic heterocycles. The monoisotopic (exact) mass is 258 g/mol. The van der Waals surface area contributed by atoms with E-state index in [1.54, 1.807) is 21.8 Å². The van der Waals surface area contributed by atoms with Gasteiger partial charge in [0.2, 0.25) is 6.41 Å². The first-order valence-electron chi connectivity index (χ1n) is 6.16. The fourth-order valence-corrected chi connectivity index (χ4v) is 2.35. The van der Waals surface area contributed by atoms with E-state index in [9.17, 15) is 4.79 Å². The van der Waals surface area contributed by atoms with Crippen molar-refractivity contribution >= 4 is 6.41 Å². The van der Waals surface area contributed by atoms with Crippen molar-refractivity contribution in [3.05, 3.63) is 29.5 Å². The normalized spacial score (nSPS) is 18.2. The van der Waals surface area contributed by atoms with E-state index in [0.717, 1.165) is 24.2 Å². The molecule has 2 aromatic heterocycles. The van der Waals surface area contributed by atoms with Gasteiger partial charge in [-0.25, -0.2) is 9.97 Å². The lowest BCUT2D eigenvalue weighted by Crippen LogP contribution is -2.33. The summed E-state index contributed by atoms with van der Waals surface area (Å²) in [5.74, 6) is 1.41. The van der Waals surface area contributed by atoms with Crippen LogP contribution in [0.15, 0.2) is 12.3 Å². The highest BCUT2D eigenvalue weighted by Gasteiger charge is 2.28. The summed E-state index contributed by atoms with van der Waals surface area (Å²) in [6, 6.07) is 1.76. The van der Waals surface area contributed by atoms with Gasteiger partial charge in [0.1, 0.15) is 11.5 Å². The van der Waals surface area contributed by atoms with Gasteiger partial charge in [-0.1, -0.05) is 5.21 Å². The Balaban J connectivity index is 2.05. The number of rotatable bonds is 2. The van der Waals surface area contributed by atoms with Crippen LogP contribution in [0.25, 0.3) is 5.82 Å². The molecule has 0 aliphatic carbocycles. The van der Waals surface area contributed by atoms with Gasteiger partial charge in [0, 0.05) is 25.2 Å². The highest BCUT2D eigenvalue weighted by atomic mass is 16.1. The van der Waals surface area contributed by atoms with Crippen LogP contribution in [0.5, 0.6) is 0 Å². The molecule has 1 aliphatic rings. The molecule has 98 valence electrons. The molecular formula is C12H14N6O. The molecule has 0 aromatic carbocycles. The maximum atomic E-state index is 11.0. The summed E-state index contributed by atoms with van der Waals surface area (Å²) in [7, 11) is 0. The summed E-state index contributed by atoms with van der Waals surface area (Å²) < 4.78 is 1.74. The van der Waals surface area contributed by atoms with Gasteiger partial charge in [-0.15, -0.1) is 5.10 Å². The standard InChI is InChI=1S/C12H14N6O/c1-8-12-10(4-6-17(8)7-19)18(16-15-12)11-3-5-13-9(2)14-11/h3,5,7-8H,4,6H2,1-2H3. The number of hydrogen-bond donors (Lipinski definition) is 0. The molecule has 19 heavy (non-hydrogen) atoms. The summed E-state index contributed by atoms with van der Waals surface area (Å²) in [4.78, 5) is 21.1. The molecule has 7 nitrogen and oxygen atoms in total. The van der Waals surface area contributed by atoms with Crippen LogP contribution in [0.4, 0.5) is 0 Å². The van der Waals surface area contributed by atoms with Crippen molar-refractivity contribution in [1.82, 2.24) is 29.9 Å². The predicted octanol–water partition coefficient (Wildman–Crippen LogP) is 0.441. The molecule has 1 unspecified atom stereocenters. The van der Waals surface area contributed by atoms with Crippen LogP contribution in [0, 0.1) is 6.92 Å². The van der Waals surface area contributed by atoms with Crippen LogP contribution in [-0.2, 0) is 11.2 Å². The van der Waals surface area contributed by atoms with Crippen LogP contribution in [-0.4, -0.2) is 42.8 Å². The zero-order chi connectivity index (χ0) is 13.4. The minimum absolute atomic E-state index is 0.0436. The van der Waals surface area contributed by atoms with Crippen molar-refractivity contribution in [3.63, 3.8) is 0 Å². The van der Waals surface area contributed by atoms with Crippen molar-refractivity contribution in [1.29, 1.82) is 0 Å². The van der Waals surface area contributed by atoms with E-state index in [1.165, 1.54) is 0 Å². The SMILES string of the molecule is Cc1nccc(-n2nnc3c2CCN(C=O)C3C)n1. The quantitative estimate of drug-likeness (QED) is 0.730. The zero-order valence-corrected chi connectivity index (χ0v) is 10.8. The lowest BCUT2D eigenvalue weighted by atomic mass is 10.1. The molecule has 3 rings (SSSR count). The molecule has 2 aromatic rings. The Morgan fingerprint density at radius 3 is 3.05 bits per heavy atom. The molecule has 1 amide bonds. The van der Waals surface area contributed by atoms with E-state index in [-0.39, 0.29) is 6.04 Å². The van der Waals surface area contributed by atoms with E-state index in [0.29, 0.717) is 18.2 Å². The van der Waals surface area contributed by atoms with Crippen LogP contribution in [0.3, 0.4) is 0 Å². The van der Waals surface area contributed by atoms with Gasteiger partial charge < -0.3 is 4.90 Å². The second kappa shape index (κ2) is 4.42. The Labute approximate surface area is 110 Å². The first-order valence-corrected chi connectivity index (χ1v) is 6.16. The van der Waals surface area contributed by atoms with Gasteiger partial charge in [-0.3, -0.25) is 4.79 Å². The number of amides is 1. The van der Waals surface area contributed by atoms with E-state index in [4.69, 9.17) is 0 Å². The minimum Gasteiger partial charge on any atom is -0.336 e. The Hall–Kier alpha value is -2.31. The fraction of sp³-hybridized carbons (Fsp3) is 0.417. The van der Waals surface area contributed by atoms with Crippen molar-refractivity contribution < 1.29 is 4.79 Å². The first-order chi connectivity index (χ1) is 9.20. The highest BCUT2D eigenvalue weighted by molar-refractivity contribution is 5.49. The summed E-state index contributed by atoms with van der Waals surface area (Å²) >= 11 is 0. The van der Waals surface area contributed by atoms with Crippen LogP contribution >= 0.6 is 0 Å². The summed E-state index contributed by atoms with van der Waals surface area (Å²) in [5.41, 5.74) is 1.86. The molecule has 0 radical (unpaired) electrons. The van der Waals surface area contributed by atoms with Gasteiger partial charge in [0.15, 0.2) is 5.82 Å². The average molecular weight is 258 g/mol. The Bertz CT molecular complexity index is 622. The number of carbonyl (C=O) groups excluding carboxylic acids is 1. The van der Waals surface area contributed by atoms with Crippen molar-refractivity contribution in [2.24, 2.45) is 0 Å². The number of aryl methyl sites for hydroxylation is 1. The zero-order valence-electron chi connectivity index (χ0n) is 10.8. The lowest BCUT2D eigenvalue weighted by Gasteiger charge is -2.28. The summed E-state index contributed by atoms with van der Waals surface area (Å²) in [6.45, 7) is 4.47. The maximum absolute atomic E-state index is 11.0. The Morgan fingerprint density at radius 1 is 1.47 bits per heavy atom. The van der Waals surface area contributed by atoms with Crippen LogP contribution < -0.4 is 0 Å². The molecule has 0 saturated heterocycles. The van der Waals surface area contributed by atoms with Crippen LogP contribution in [0.1, 0.15) is 30.2 Å². The smallest absolute Gasteiger partial charge is 0.210 e. The molecule has 0 spiro atoms. The largest absolute Gasteiger partial charge is 0.336 e. The molecule has 3 heterocycles. The molecule has 0 N–H and O–H groups in total. The molecule has 1 atom stereocenters. The number of fused-ring (bicyclic) bond motifs is 1. The van der Waals surface area contributed by atoms with E-state index >= 15 is 0 Å². The number of hydrogen-bond acceptors (Lipinski definition) is 5. The molecule has 7 heteroatoms. The maximum Gasteiger partial charge on any atom is 0.210 e. The minimum atomic E-state index is -0.0436. The molecule has 0 saturated carbocycles. The third-order valence-corrected chi connectivity index (χ3v) is 3.41. The molecule has 0 bridgehead atoms. The van der Waals surface area contributed by atoms with Gasteiger partial charge in [0.25, 0.3) is 0 Å². The highest BCUT2D eigenvalue weighted by Crippen LogP contribution is 2.27. The number of carbonyl (C=O) groups is 1. The average Bonchev–Trinajstić information content (AvgIpc) is 2.84. The fourth-order valence-electron chi connectivity index (χ4n) is 2.35. The Kier molecular flexibility index (Phi) is 2.73. The summed E-state index contributed by atoms with van der Waals surface area (Å²) in [5, 5.41) is 8.36. The van der Waals surface area contributed by atoms with Gasteiger partial charge >= 0.3 is 0 Å².